The van der Waals surface area contributed by atoms with Gasteiger partial charge >= 0.3 is 0 Å². The number of allylic oxidation sites excluding steroid dienone is 2. The van der Waals surface area contributed by atoms with E-state index in [9.17, 15) is 5.41 Å². The average molecular weight is 303 g/mol. The summed E-state index contributed by atoms with van der Waals surface area (Å²) in [6, 6.07) is 19.1. The molecule has 0 spiro atoms. The van der Waals surface area contributed by atoms with E-state index < -0.39 is 0 Å². The maximum absolute atomic E-state index is 10.4. The maximum atomic E-state index is 10.4. The topological polar surface area (TPSA) is 40.8 Å². The Kier molecular flexibility index (Phi) is 4.79. The molecule has 114 valence electrons. The zero-order valence-electron chi connectivity index (χ0n) is 12.7. The van der Waals surface area contributed by atoms with Crippen molar-refractivity contribution in [1.82, 2.24) is 0 Å². The second kappa shape index (κ2) is 7.36. The highest BCUT2D eigenvalue weighted by Gasteiger charge is 2.18. The Hall–Kier alpha value is -2.94. The van der Waals surface area contributed by atoms with Crippen LogP contribution in [0.3, 0.4) is 0 Å². The third-order valence-electron chi connectivity index (χ3n) is 3.48. The van der Waals surface area contributed by atoms with Crippen LogP contribution >= 0.6 is 0 Å². The summed E-state index contributed by atoms with van der Waals surface area (Å²) in [5, 5.41) is 10.4. The van der Waals surface area contributed by atoms with Gasteiger partial charge in [-0.05, 0) is 30.0 Å². The van der Waals surface area contributed by atoms with Crippen LogP contribution in [-0.2, 0) is 0 Å². The summed E-state index contributed by atoms with van der Waals surface area (Å²) in [6.45, 7) is 0.629. The summed E-state index contributed by atoms with van der Waals surface area (Å²) in [5.74, 6) is 1.55. The number of rotatable bonds is 6. The van der Waals surface area contributed by atoms with Gasteiger partial charge in [0.15, 0.2) is 13.2 Å². The lowest BCUT2D eigenvalue weighted by atomic mass is 9.97. The first-order valence-corrected chi connectivity index (χ1v) is 7.48. The van der Waals surface area contributed by atoms with Gasteiger partial charge in [-0.25, -0.2) is 0 Å². The number of nitrogens with zero attached hydrogens (tertiary/aromatic N) is 1. The highest BCUT2D eigenvalue weighted by molar-refractivity contribution is 6.16. The molecule has 0 heterocycles. The minimum atomic E-state index is 0.222. The Morgan fingerprint density at radius 1 is 0.696 bits per heavy atom. The molecule has 3 rings (SSSR count). The lowest BCUT2D eigenvalue weighted by molar-refractivity contribution is 0.352. The zero-order chi connectivity index (χ0) is 15.9. The van der Waals surface area contributed by atoms with Crippen molar-refractivity contribution in [2.75, 3.05) is 13.2 Å². The van der Waals surface area contributed by atoms with Gasteiger partial charge in [-0.2, -0.15) is 0 Å². The third-order valence-corrected chi connectivity index (χ3v) is 3.48. The van der Waals surface area contributed by atoms with Gasteiger partial charge in [0.1, 0.15) is 11.5 Å². The molecule has 0 bridgehead atoms. The second-order valence-electron chi connectivity index (χ2n) is 5.13. The number of para-hydroxylation sites is 2. The second-order valence-corrected chi connectivity index (χ2v) is 5.13. The molecular weight excluding hydrogens is 286 g/mol. The highest BCUT2D eigenvalue weighted by atomic mass is 16.5. The van der Waals surface area contributed by atoms with Crippen LogP contribution in [0.2, 0.25) is 0 Å². The van der Waals surface area contributed by atoms with Crippen LogP contribution in [0, 0.1) is 6.42 Å². The van der Waals surface area contributed by atoms with Crippen molar-refractivity contribution < 1.29 is 9.47 Å². The minimum absolute atomic E-state index is 0.222. The minimum Gasteiger partial charge on any atom is -0.778 e. The van der Waals surface area contributed by atoms with Crippen molar-refractivity contribution in [3.05, 3.63) is 95.8 Å². The molecule has 1 aliphatic rings. The standard InChI is InChI=1S/C20H17NO2/c21-20-16(14-22-18-10-3-1-4-11-18)8-7-9-17(20)15-23-19-12-5-2-6-13-19/h1-13H,14-15H2. The smallest absolute Gasteiger partial charge is 0.156 e. The van der Waals surface area contributed by atoms with Gasteiger partial charge in [0.05, 0.1) is 23.3 Å². The molecule has 23 heavy (non-hydrogen) atoms. The fraction of sp³-hybridized carbons (Fsp3) is 0.100. The van der Waals surface area contributed by atoms with E-state index in [2.05, 4.69) is 0 Å². The van der Waals surface area contributed by atoms with E-state index in [0.29, 0.717) is 13.2 Å². The molecule has 0 fully saturated rings. The molecule has 2 aromatic rings. The molecule has 0 aliphatic heterocycles. The molecule has 0 saturated carbocycles. The summed E-state index contributed by atoms with van der Waals surface area (Å²) >= 11 is 0. The Labute approximate surface area is 136 Å². The van der Waals surface area contributed by atoms with Gasteiger partial charge in [-0.3, -0.25) is 0 Å². The molecule has 1 aliphatic carbocycles. The Morgan fingerprint density at radius 2 is 1.13 bits per heavy atom. The lowest BCUT2D eigenvalue weighted by Crippen LogP contribution is -2.19. The molecule has 0 saturated heterocycles. The quantitative estimate of drug-likeness (QED) is 0.749. The average Bonchev–Trinajstić information content (AvgIpc) is 2.61. The Balaban J connectivity index is 1.56. The zero-order valence-corrected chi connectivity index (χ0v) is 12.7. The van der Waals surface area contributed by atoms with Gasteiger partial charge in [0.2, 0.25) is 0 Å². The van der Waals surface area contributed by atoms with Crippen molar-refractivity contribution >= 4 is 5.71 Å². The summed E-state index contributed by atoms with van der Waals surface area (Å²) in [4.78, 5) is 0. The number of benzene rings is 2. The predicted octanol–water partition coefficient (Wildman–Crippen LogP) is 4.23. The fourth-order valence-corrected chi connectivity index (χ4v) is 2.23. The van der Waals surface area contributed by atoms with Gasteiger partial charge in [-0.15, -0.1) is 0 Å². The molecule has 0 aromatic heterocycles. The summed E-state index contributed by atoms with van der Waals surface area (Å²) < 4.78 is 11.4. The van der Waals surface area contributed by atoms with Crippen LogP contribution in [0.5, 0.6) is 11.5 Å². The Bertz CT molecular complexity index is 656. The van der Waals surface area contributed by atoms with Crippen LogP contribution in [0.1, 0.15) is 0 Å². The highest BCUT2D eigenvalue weighted by Crippen LogP contribution is 2.19. The lowest BCUT2D eigenvalue weighted by Gasteiger charge is -2.17. The molecule has 0 unspecified atom stereocenters. The summed E-state index contributed by atoms with van der Waals surface area (Å²) in [7, 11) is 0. The molecule has 0 N–H and O–H groups in total. The SMILES string of the molecule is [N-]=C1C(COc2ccccc2)=C[CH+]C=C1COc1ccccc1. The Morgan fingerprint density at radius 3 is 1.57 bits per heavy atom. The van der Waals surface area contributed by atoms with Crippen molar-refractivity contribution in [1.29, 1.82) is 0 Å². The van der Waals surface area contributed by atoms with Crippen LogP contribution in [-0.4, -0.2) is 18.9 Å². The van der Waals surface area contributed by atoms with E-state index in [1.165, 1.54) is 0 Å². The first kappa shape index (κ1) is 15.0. The molecule has 2 aromatic carbocycles. The van der Waals surface area contributed by atoms with Crippen LogP contribution in [0.15, 0.2) is 84.0 Å². The van der Waals surface area contributed by atoms with E-state index in [4.69, 9.17) is 9.47 Å². The molecule has 3 nitrogen and oxygen atoms in total. The van der Waals surface area contributed by atoms with Gasteiger partial charge in [-0.1, -0.05) is 36.4 Å². The van der Waals surface area contributed by atoms with Gasteiger partial charge in [0, 0.05) is 6.42 Å². The fourth-order valence-electron chi connectivity index (χ4n) is 2.23. The monoisotopic (exact) mass is 303 g/mol. The van der Waals surface area contributed by atoms with Gasteiger partial charge < -0.3 is 14.9 Å². The summed E-state index contributed by atoms with van der Waals surface area (Å²) in [5.41, 5.74) is 1.70. The van der Waals surface area contributed by atoms with Crippen molar-refractivity contribution in [2.45, 2.75) is 0 Å². The van der Waals surface area contributed by atoms with Gasteiger partial charge in [0.25, 0.3) is 0 Å². The summed E-state index contributed by atoms with van der Waals surface area (Å²) in [6.07, 6.45) is 5.60. The molecule has 0 amide bonds. The largest absolute Gasteiger partial charge is 0.778 e. The van der Waals surface area contributed by atoms with Crippen molar-refractivity contribution in [3.8, 4) is 11.5 Å². The normalized spacial score (nSPS) is 13.7. The number of ether oxygens (including phenoxy) is 2. The predicted molar refractivity (Wildman–Crippen MR) is 92.7 cm³/mol. The number of hydrogen-bond donors (Lipinski definition) is 0. The maximum Gasteiger partial charge on any atom is 0.156 e. The van der Waals surface area contributed by atoms with E-state index in [1.54, 1.807) is 0 Å². The molecule has 0 radical (unpaired) electrons. The van der Waals surface area contributed by atoms with E-state index in [-0.39, 0.29) is 5.71 Å². The van der Waals surface area contributed by atoms with Crippen LogP contribution < -0.4 is 9.47 Å². The first-order chi connectivity index (χ1) is 11.3. The number of hydrogen-bond acceptors (Lipinski definition) is 2. The van der Waals surface area contributed by atoms with Crippen LogP contribution in [0.4, 0.5) is 0 Å². The van der Waals surface area contributed by atoms with E-state index in [0.717, 1.165) is 22.6 Å². The molecular formula is C20H17NO2. The van der Waals surface area contributed by atoms with E-state index in [1.807, 2.05) is 79.2 Å². The third kappa shape index (κ3) is 4.04. The van der Waals surface area contributed by atoms with Crippen molar-refractivity contribution in [3.63, 3.8) is 0 Å². The van der Waals surface area contributed by atoms with Crippen molar-refractivity contribution in [2.24, 2.45) is 0 Å². The van der Waals surface area contributed by atoms with Crippen LogP contribution in [0.25, 0.3) is 5.41 Å². The van der Waals surface area contributed by atoms with E-state index >= 15 is 0 Å². The molecule has 3 heteroatoms. The molecule has 0 atom stereocenters. The first-order valence-electron chi connectivity index (χ1n) is 7.48.